The Hall–Kier alpha value is -4.00. The third-order valence-electron chi connectivity index (χ3n) is 4.89. The fraction of sp³-hybridized carbons (Fsp3) is 0.160. The second-order valence-electron chi connectivity index (χ2n) is 7.24. The Balaban J connectivity index is 1.70. The minimum absolute atomic E-state index is 0.248. The lowest BCUT2D eigenvalue weighted by Gasteiger charge is -2.25. The van der Waals surface area contributed by atoms with Gasteiger partial charge in [-0.3, -0.25) is 14.4 Å². The Bertz CT molecular complexity index is 1070. The predicted octanol–water partition coefficient (Wildman–Crippen LogP) is 2.95. The second-order valence-corrected chi connectivity index (χ2v) is 7.24. The fourth-order valence-electron chi connectivity index (χ4n) is 3.19. The first-order valence-electron chi connectivity index (χ1n) is 10.1. The third-order valence-corrected chi connectivity index (χ3v) is 4.89. The molecule has 32 heavy (non-hydrogen) atoms. The zero-order valence-corrected chi connectivity index (χ0v) is 17.6. The Labute approximate surface area is 186 Å². The lowest BCUT2D eigenvalue weighted by atomic mass is 10.0. The van der Waals surface area contributed by atoms with Gasteiger partial charge >= 0.3 is 0 Å². The number of carbonyl (C=O) groups excluding carboxylic acids is 3. The van der Waals surface area contributed by atoms with Crippen molar-refractivity contribution in [3.8, 4) is 0 Å². The Morgan fingerprint density at radius 2 is 1.56 bits per heavy atom. The smallest absolute Gasteiger partial charge is 0.251 e. The summed E-state index contributed by atoms with van der Waals surface area (Å²) >= 11 is 0. The van der Waals surface area contributed by atoms with Crippen molar-refractivity contribution in [2.24, 2.45) is 0 Å². The lowest BCUT2D eigenvalue weighted by Crippen LogP contribution is -2.51. The molecule has 3 aromatic rings. The first-order valence-corrected chi connectivity index (χ1v) is 10.1. The third kappa shape index (κ3) is 6.25. The molecule has 0 aromatic heterocycles. The molecule has 164 valence electrons. The maximum Gasteiger partial charge on any atom is 0.251 e. The topological polar surface area (TPSA) is 78.5 Å². The zero-order chi connectivity index (χ0) is 22.9. The van der Waals surface area contributed by atoms with Gasteiger partial charge in [-0.05, 0) is 35.9 Å². The number of nitrogens with one attached hydrogen (secondary N) is 2. The van der Waals surface area contributed by atoms with E-state index < -0.39 is 23.7 Å². The van der Waals surface area contributed by atoms with Crippen LogP contribution in [0, 0.1) is 5.82 Å². The minimum Gasteiger partial charge on any atom is -0.343 e. The second kappa shape index (κ2) is 10.9. The highest BCUT2D eigenvalue weighted by Crippen LogP contribution is 2.16. The van der Waals surface area contributed by atoms with Gasteiger partial charge < -0.3 is 15.5 Å². The van der Waals surface area contributed by atoms with Gasteiger partial charge in [-0.1, -0.05) is 54.6 Å². The molecule has 0 bridgehead atoms. The number of nitrogens with zero attached hydrogens (tertiary/aromatic N) is 1. The molecule has 0 spiro atoms. The van der Waals surface area contributed by atoms with Crippen molar-refractivity contribution in [2.75, 3.05) is 18.5 Å². The van der Waals surface area contributed by atoms with E-state index in [4.69, 9.17) is 0 Å². The molecule has 0 saturated carbocycles. The summed E-state index contributed by atoms with van der Waals surface area (Å²) in [6.07, 6.45) is 0.248. The highest BCUT2D eigenvalue weighted by atomic mass is 19.1. The van der Waals surface area contributed by atoms with Gasteiger partial charge in [-0.15, -0.1) is 0 Å². The van der Waals surface area contributed by atoms with Crippen LogP contribution >= 0.6 is 0 Å². The zero-order valence-electron chi connectivity index (χ0n) is 17.6. The number of rotatable bonds is 8. The van der Waals surface area contributed by atoms with Gasteiger partial charge in [0.05, 0.1) is 6.54 Å². The number of hydrogen-bond donors (Lipinski definition) is 2. The van der Waals surface area contributed by atoms with Gasteiger partial charge in [0.2, 0.25) is 11.8 Å². The molecule has 0 aliphatic heterocycles. The van der Waals surface area contributed by atoms with Crippen LogP contribution in [0.4, 0.5) is 10.1 Å². The molecule has 0 aliphatic rings. The van der Waals surface area contributed by atoms with Crippen LogP contribution in [0.15, 0.2) is 84.9 Å². The summed E-state index contributed by atoms with van der Waals surface area (Å²) < 4.78 is 13.6. The highest BCUT2D eigenvalue weighted by molar-refractivity contribution is 6.00. The van der Waals surface area contributed by atoms with E-state index in [1.165, 1.54) is 30.1 Å². The average Bonchev–Trinajstić information content (AvgIpc) is 2.82. The largest absolute Gasteiger partial charge is 0.343 e. The molecule has 0 unspecified atom stereocenters. The van der Waals surface area contributed by atoms with Gasteiger partial charge in [-0.25, -0.2) is 4.39 Å². The maximum atomic E-state index is 13.6. The Morgan fingerprint density at radius 3 is 2.22 bits per heavy atom. The lowest BCUT2D eigenvalue weighted by molar-refractivity contribution is -0.126. The quantitative estimate of drug-likeness (QED) is 0.573. The first kappa shape index (κ1) is 22.7. The first-order chi connectivity index (χ1) is 15.4. The summed E-state index contributed by atoms with van der Waals surface area (Å²) in [5.74, 6) is -1.75. The van der Waals surface area contributed by atoms with Crippen LogP contribution in [0.25, 0.3) is 0 Å². The summed E-state index contributed by atoms with van der Waals surface area (Å²) in [4.78, 5) is 39.2. The van der Waals surface area contributed by atoms with Crippen LogP contribution in [0.2, 0.25) is 0 Å². The normalized spacial score (nSPS) is 11.3. The number of amides is 3. The molecule has 0 aliphatic carbocycles. The van der Waals surface area contributed by atoms with E-state index in [1.807, 2.05) is 30.3 Å². The molecule has 3 amide bonds. The molecular formula is C25H24FN3O3. The number of halogens is 1. The van der Waals surface area contributed by atoms with E-state index in [0.29, 0.717) is 11.3 Å². The van der Waals surface area contributed by atoms with Gasteiger partial charge in [0, 0.05) is 24.7 Å². The fourth-order valence-corrected chi connectivity index (χ4v) is 3.19. The van der Waals surface area contributed by atoms with E-state index in [1.54, 1.807) is 36.4 Å². The van der Waals surface area contributed by atoms with Crippen LogP contribution in [0.3, 0.4) is 0 Å². The number of benzene rings is 3. The van der Waals surface area contributed by atoms with Crippen LogP contribution < -0.4 is 15.5 Å². The number of carbonyl (C=O) groups is 3. The van der Waals surface area contributed by atoms with E-state index in [0.717, 1.165) is 5.56 Å². The molecule has 6 nitrogen and oxygen atoms in total. The van der Waals surface area contributed by atoms with Gasteiger partial charge in [0.1, 0.15) is 11.9 Å². The summed E-state index contributed by atoms with van der Waals surface area (Å²) in [6, 6.07) is 22.5. The minimum atomic E-state index is -0.896. The van der Waals surface area contributed by atoms with Gasteiger partial charge in [0.25, 0.3) is 5.91 Å². The van der Waals surface area contributed by atoms with Gasteiger partial charge in [-0.2, -0.15) is 0 Å². The van der Waals surface area contributed by atoms with Crippen LogP contribution in [-0.4, -0.2) is 37.4 Å². The SMILES string of the molecule is CN(C(=O)[C@H](Cc1ccccc1)NC(=O)CNC(=O)c1ccccc1)c1cccc(F)c1. The molecule has 0 fully saturated rings. The molecular weight excluding hydrogens is 409 g/mol. The summed E-state index contributed by atoms with van der Waals surface area (Å²) in [5.41, 5.74) is 1.66. The summed E-state index contributed by atoms with van der Waals surface area (Å²) in [6.45, 7) is -0.282. The number of anilines is 1. The summed E-state index contributed by atoms with van der Waals surface area (Å²) in [5, 5.41) is 5.25. The maximum absolute atomic E-state index is 13.6. The van der Waals surface area contributed by atoms with Crippen molar-refractivity contribution in [2.45, 2.75) is 12.5 Å². The molecule has 2 N–H and O–H groups in total. The molecule has 3 rings (SSSR count). The number of hydrogen-bond acceptors (Lipinski definition) is 3. The van der Waals surface area contributed by atoms with Crippen LogP contribution in [0.1, 0.15) is 15.9 Å². The predicted molar refractivity (Wildman–Crippen MR) is 121 cm³/mol. The van der Waals surface area contributed by atoms with Crippen LogP contribution in [-0.2, 0) is 16.0 Å². The van der Waals surface area contributed by atoms with E-state index >= 15 is 0 Å². The van der Waals surface area contributed by atoms with E-state index in [9.17, 15) is 18.8 Å². The van der Waals surface area contributed by atoms with Crippen LogP contribution in [0.5, 0.6) is 0 Å². The number of likely N-dealkylation sites (N-methyl/N-ethyl adjacent to an activating group) is 1. The molecule has 1 atom stereocenters. The van der Waals surface area contributed by atoms with Crippen molar-refractivity contribution < 1.29 is 18.8 Å². The molecule has 0 saturated heterocycles. The summed E-state index contributed by atoms with van der Waals surface area (Å²) in [7, 11) is 1.53. The monoisotopic (exact) mass is 433 g/mol. The molecule has 0 radical (unpaired) electrons. The molecule has 3 aromatic carbocycles. The van der Waals surface area contributed by atoms with Gasteiger partial charge in [0.15, 0.2) is 0 Å². The Kier molecular flexibility index (Phi) is 7.70. The molecule has 0 heterocycles. The van der Waals surface area contributed by atoms with Crippen molar-refractivity contribution in [3.05, 3.63) is 102 Å². The van der Waals surface area contributed by atoms with Crippen molar-refractivity contribution in [1.29, 1.82) is 0 Å². The Morgan fingerprint density at radius 1 is 0.906 bits per heavy atom. The highest BCUT2D eigenvalue weighted by Gasteiger charge is 2.25. The van der Waals surface area contributed by atoms with E-state index in [-0.39, 0.29) is 18.9 Å². The van der Waals surface area contributed by atoms with Crippen molar-refractivity contribution >= 4 is 23.4 Å². The van der Waals surface area contributed by atoms with E-state index in [2.05, 4.69) is 10.6 Å². The molecule has 7 heteroatoms. The average molecular weight is 433 g/mol. The standard InChI is InChI=1S/C25H24FN3O3/c1-29(21-14-8-13-20(26)16-21)25(32)22(15-18-9-4-2-5-10-18)28-23(30)17-27-24(31)19-11-6-3-7-12-19/h2-14,16,22H,15,17H2,1H3,(H,27,31)(H,28,30)/t22-/m0/s1. The van der Waals surface area contributed by atoms with Crippen molar-refractivity contribution in [3.63, 3.8) is 0 Å². The van der Waals surface area contributed by atoms with Crippen molar-refractivity contribution in [1.82, 2.24) is 10.6 Å².